The van der Waals surface area contributed by atoms with Crippen molar-refractivity contribution >= 4 is 15.7 Å². The first kappa shape index (κ1) is 18.2. The summed E-state index contributed by atoms with van der Waals surface area (Å²) < 4.78 is 24.9. The van der Waals surface area contributed by atoms with Gasteiger partial charge in [-0.25, -0.2) is 8.42 Å². The lowest BCUT2D eigenvalue weighted by Gasteiger charge is -2.17. The van der Waals surface area contributed by atoms with E-state index in [0.29, 0.717) is 18.5 Å². The number of hydrogen-bond donors (Lipinski definition) is 2. The average Bonchev–Trinajstić information content (AvgIpc) is 2.61. The second-order valence-electron chi connectivity index (χ2n) is 5.57. The summed E-state index contributed by atoms with van der Waals surface area (Å²) in [6.07, 6.45) is 0.526. The first-order valence-electron chi connectivity index (χ1n) is 7.84. The molecule has 3 N–H and O–H groups in total. The van der Waals surface area contributed by atoms with Crippen LogP contribution in [0.15, 0.2) is 59.5 Å². The van der Waals surface area contributed by atoms with E-state index in [0.717, 1.165) is 5.56 Å². The first-order valence-corrected chi connectivity index (χ1v) is 9.49. The smallest absolute Gasteiger partial charge is 0.251 e. The standard InChI is InChI=1S/C18H22N2O3S/c1-2-16(13-24(22,23)17-6-4-3-5-7-17)20-18(21)15-10-8-14(12-19)9-11-15/h3-11,16H,2,12-13,19H2,1H3,(H,20,21). The third-order valence-corrected chi connectivity index (χ3v) is 5.63. The number of nitrogens with two attached hydrogens (primary N) is 1. The molecule has 2 rings (SSSR count). The van der Waals surface area contributed by atoms with Crippen molar-refractivity contribution in [3.8, 4) is 0 Å². The Morgan fingerprint density at radius 1 is 1.08 bits per heavy atom. The fourth-order valence-corrected chi connectivity index (χ4v) is 3.92. The molecule has 1 unspecified atom stereocenters. The van der Waals surface area contributed by atoms with Crippen molar-refractivity contribution in [3.63, 3.8) is 0 Å². The van der Waals surface area contributed by atoms with Crippen LogP contribution in [0.1, 0.15) is 29.3 Å². The van der Waals surface area contributed by atoms with E-state index in [2.05, 4.69) is 5.32 Å². The number of benzene rings is 2. The molecule has 0 fully saturated rings. The van der Waals surface area contributed by atoms with E-state index in [1.54, 1.807) is 54.6 Å². The molecule has 1 atom stereocenters. The Morgan fingerprint density at radius 2 is 1.71 bits per heavy atom. The lowest BCUT2D eigenvalue weighted by Crippen LogP contribution is -2.39. The van der Waals surface area contributed by atoms with Crippen LogP contribution in [-0.4, -0.2) is 26.1 Å². The van der Waals surface area contributed by atoms with Crippen LogP contribution in [0, 0.1) is 0 Å². The highest BCUT2D eigenvalue weighted by molar-refractivity contribution is 7.91. The van der Waals surface area contributed by atoms with Gasteiger partial charge in [0.1, 0.15) is 0 Å². The highest BCUT2D eigenvalue weighted by atomic mass is 32.2. The van der Waals surface area contributed by atoms with Crippen LogP contribution in [0.2, 0.25) is 0 Å². The number of sulfone groups is 1. The van der Waals surface area contributed by atoms with E-state index in [9.17, 15) is 13.2 Å². The molecule has 2 aromatic carbocycles. The highest BCUT2D eigenvalue weighted by Crippen LogP contribution is 2.13. The maximum absolute atomic E-state index is 12.4. The lowest BCUT2D eigenvalue weighted by atomic mass is 10.1. The van der Waals surface area contributed by atoms with Crippen molar-refractivity contribution in [3.05, 3.63) is 65.7 Å². The van der Waals surface area contributed by atoms with Gasteiger partial charge in [0.25, 0.3) is 5.91 Å². The molecule has 0 saturated carbocycles. The second kappa shape index (κ2) is 8.08. The number of rotatable bonds is 7. The second-order valence-corrected chi connectivity index (χ2v) is 7.61. The van der Waals surface area contributed by atoms with Gasteiger partial charge >= 0.3 is 0 Å². The molecule has 5 nitrogen and oxygen atoms in total. The molecular weight excluding hydrogens is 324 g/mol. The number of carbonyl (C=O) groups is 1. The third kappa shape index (κ3) is 4.66. The predicted molar refractivity (Wildman–Crippen MR) is 94.4 cm³/mol. The molecule has 0 saturated heterocycles. The molecule has 1 amide bonds. The van der Waals surface area contributed by atoms with Crippen molar-refractivity contribution < 1.29 is 13.2 Å². The van der Waals surface area contributed by atoms with Crippen LogP contribution >= 0.6 is 0 Å². The lowest BCUT2D eigenvalue weighted by molar-refractivity contribution is 0.0940. The molecule has 128 valence electrons. The molecule has 0 aromatic heterocycles. The van der Waals surface area contributed by atoms with E-state index in [1.165, 1.54) is 0 Å². The summed E-state index contributed by atoms with van der Waals surface area (Å²) in [5, 5.41) is 2.80. The summed E-state index contributed by atoms with van der Waals surface area (Å²) >= 11 is 0. The van der Waals surface area contributed by atoms with E-state index in [4.69, 9.17) is 5.73 Å². The molecule has 0 radical (unpaired) electrons. The highest BCUT2D eigenvalue weighted by Gasteiger charge is 2.21. The maximum Gasteiger partial charge on any atom is 0.251 e. The van der Waals surface area contributed by atoms with Crippen LogP contribution in [0.3, 0.4) is 0 Å². The molecule has 0 heterocycles. The number of amides is 1. The minimum Gasteiger partial charge on any atom is -0.348 e. The molecule has 0 spiro atoms. The van der Waals surface area contributed by atoms with Gasteiger partial charge in [-0.05, 0) is 36.2 Å². The van der Waals surface area contributed by atoms with Crippen LogP contribution in [-0.2, 0) is 16.4 Å². The first-order chi connectivity index (χ1) is 11.5. The Kier molecular flexibility index (Phi) is 6.11. The van der Waals surface area contributed by atoms with Gasteiger partial charge in [-0.1, -0.05) is 37.3 Å². The fourth-order valence-electron chi connectivity index (χ4n) is 2.31. The van der Waals surface area contributed by atoms with E-state index >= 15 is 0 Å². The number of hydrogen-bond acceptors (Lipinski definition) is 4. The van der Waals surface area contributed by atoms with Crippen LogP contribution < -0.4 is 11.1 Å². The van der Waals surface area contributed by atoms with Crippen LogP contribution in [0.25, 0.3) is 0 Å². The van der Waals surface area contributed by atoms with Crippen molar-refractivity contribution in [2.45, 2.75) is 30.8 Å². The number of carbonyl (C=O) groups excluding carboxylic acids is 1. The quantitative estimate of drug-likeness (QED) is 0.804. The zero-order chi connectivity index (χ0) is 17.6. The van der Waals surface area contributed by atoms with E-state index in [1.807, 2.05) is 6.92 Å². The molecule has 2 aromatic rings. The van der Waals surface area contributed by atoms with Crippen molar-refractivity contribution in [2.24, 2.45) is 5.73 Å². The van der Waals surface area contributed by atoms with Crippen molar-refractivity contribution in [2.75, 3.05) is 5.75 Å². The van der Waals surface area contributed by atoms with Gasteiger partial charge in [0.15, 0.2) is 9.84 Å². The molecule has 6 heteroatoms. The topological polar surface area (TPSA) is 89.3 Å². The van der Waals surface area contributed by atoms with Gasteiger partial charge < -0.3 is 11.1 Å². The molecule has 0 aliphatic heterocycles. The summed E-state index contributed by atoms with van der Waals surface area (Å²) in [6, 6.07) is 14.8. The summed E-state index contributed by atoms with van der Waals surface area (Å²) in [4.78, 5) is 12.6. The molecular formula is C18H22N2O3S. The van der Waals surface area contributed by atoms with Crippen LogP contribution in [0.5, 0.6) is 0 Å². The molecule has 0 bridgehead atoms. The largest absolute Gasteiger partial charge is 0.348 e. The molecule has 24 heavy (non-hydrogen) atoms. The molecule has 0 aliphatic carbocycles. The van der Waals surface area contributed by atoms with E-state index in [-0.39, 0.29) is 16.6 Å². The third-order valence-electron chi connectivity index (χ3n) is 3.80. The Balaban J connectivity index is 2.07. The van der Waals surface area contributed by atoms with Crippen LogP contribution in [0.4, 0.5) is 0 Å². The fraction of sp³-hybridized carbons (Fsp3) is 0.278. The van der Waals surface area contributed by atoms with Crippen molar-refractivity contribution in [1.29, 1.82) is 0 Å². The zero-order valence-corrected chi connectivity index (χ0v) is 14.4. The van der Waals surface area contributed by atoms with Gasteiger partial charge in [-0.2, -0.15) is 0 Å². The Morgan fingerprint density at radius 3 is 2.25 bits per heavy atom. The minimum absolute atomic E-state index is 0.125. The SMILES string of the molecule is CCC(CS(=O)(=O)c1ccccc1)NC(=O)c1ccc(CN)cc1. The Hall–Kier alpha value is -2.18. The summed E-state index contributed by atoms with van der Waals surface area (Å²) in [5.74, 6) is -0.408. The average molecular weight is 346 g/mol. The van der Waals surface area contributed by atoms with Gasteiger partial charge in [0.05, 0.1) is 10.6 Å². The van der Waals surface area contributed by atoms with Gasteiger partial charge in [0, 0.05) is 18.2 Å². The van der Waals surface area contributed by atoms with E-state index < -0.39 is 15.9 Å². The Labute approximate surface area is 142 Å². The summed E-state index contributed by atoms with van der Waals surface area (Å²) in [7, 11) is -3.44. The predicted octanol–water partition coefficient (Wildman–Crippen LogP) is 2.13. The Bertz CT molecular complexity index is 772. The van der Waals surface area contributed by atoms with Gasteiger partial charge in [-0.15, -0.1) is 0 Å². The van der Waals surface area contributed by atoms with Crippen molar-refractivity contribution in [1.82, 2.24) is 5.32 Å². The maximum atomic E-state index is 12.4. The normalized spacial score (nSPS) is 12.6. The van der Waals surface area contributed by atoms with Gasteiger partial charge in [-0.3, -0.25) is 4.79 Å². The monoisotopic (exact) mass is 346 g/mol. The molecule has 0 aliphatic rings. The minimum atomic E-state index is -3.44. The van der Waals surface area contributed by atoms with Gasteiger partial charge in [0.2, 0.25) is 0 Å². The summed E-state index contributed by atoms with van der Waals surface area (Å²) in [6.45, 7) is 2.26. The zero-order valence-electron chi connectivity index (χ0n) is 13.6. The summed E-state index contributed by atoms with van der Waals surface area (Å²) in [5.41, 5.74) is 6.96. The number of nitrogens with one attached hydrogen (secondary N) is 1.